The number of amides is 3. The topological polar surface area (TPSA) is 86.4 Å². The number of pyridine rings is 1. The van der Waals surface area contributed by atoms with E-state index in [1.165, 1.54) is 0 Å². The zero-order valence-corrected chi connectivity index (χ0v) is 14.8. The number of anilines is 1. The monoisotopic (exact) mass is 353 g/mol. The first-order valence-electron chi connectivity index (χ1n) is 8.69. The number of urea groups is 1. The van der Waals surface area contributed by atoms with Gasteiger partial charge in [0.25, 0.3) is 5.91 Å². The van der Waals surface area contributed by atoms with Crippen molar-refractivity contribution in [2.75, 3.05) is 31.5 Å². The van der Waals surface area contributed by atoms with E-state index in [0.717, 1.165) is 16.9 Å². The smallest absolute Gasteiger partial charge is 0.317 e. The summed E-state index contributed by atoms with van der Waals surface area (Å²) in [6, 6.07) is 11.3. The van der Waals surface area contributed by atoms with Gasteiger partial charge in [-0.2, -0.15) is 0 Å². The van der Waals surface area contributed by atoms with Gasteiger partial charge in [0.1, 0.15) is 0 Å². The average molecular weight is 353 g/mol. The van der Waals surface area contributed by atoms with Crippen molar-refractivity contribution in [3.05, 3.63) is 59.4 Å². The number of hydrogen-bond donors (Lipinski definition) is 3. The number of nitrogens with one attached hydrogen (secondary N) is 3. The summed E-state index contributed by atoms with van der Waals surface area (Å²) in [4.78, 5) is 30.0. The van der Waals surface area contributed by atoms with Crippen molar-refractivity contribution < 1.29 is 9.59 Å². The van der Waals surface area contributed by atoms with Crippen molar-refractivity contribution >= 4 is 17.6 Å². The molecule has 1 saturated heterocycles. The number of carbonyl (C=O) groups is 2. The molecule has 2 aromatic rings. The van der Waals surface area contributed by atoms with Crippen LogP contribution in [-0.2, 0) is 6.54 Å². The summed E-state index contributed by atoms with van der Waals surface area (Å²) in [5, 5.41) is 8.96. The molecular weight excluding hydrogens is 330 g/mol. The maximum atomic E-state index is 12.5. The first-order valence-corrected chi connectivity index (χ1v) is 8.69. The van der Waals surface area contributed by atoms with Gasteiger partial charge in [-0.1, -0.05) is 12.1 Å². The summed E-state index contributed by atoms with van der Waals surface area (Å²) in [7, 11) is 0. The molecule has 0 atom stereocenters. The normalized spacial score (nSPS) is 13.4. The van der Waals surface area contributed by atoms with Crippen molar-refractivity contribution in [3.8, 4) is 0 Å². The van der Waals surface area contributed by atoms with Crippen LogP contribution in [0.1, 0.15) is 21.6 Å². The lowest BCUT2D eigenvalue weighted by molar-refractivity contribution is 0.0949. The zero-order valence-electron chi connectivity index (χ0n) is 14.8. The Labute approximate surface area is 152 Å². The Morgan fingerprint density at radius 1 is 1.27 bits per heavy atom. The van der Waals surface area contributed by atoms with Crippen molar-refractivity contribution in [2.45, 2.75) is 13.5 Å². The molecule has 0 saturated carbocycles. The molecule has 1 aromatic heterocycles. The minimum Gasteiger partial charge on any atom is -0.379 e. The van der Waals surface area contributed by atoms with Gasteiger partial charge >= 0.3 is 6.03 Å². The van der Waals surface area contributed by atoms with Crippen LogP contribution in [-0.4, -0.2) is 48.0 Å². The summed E-state index contributed by atoms with van der Waals surface area (Å²) in [5.41, 5.74) is 3.36. The highest BCUT2D eigenvalue weighted by molar-refractivity contribution is 5.97. The Kier molecular flexibility index (Phi) is 5.68. The van der Waals surface area contributed by atoms with Gasteiger partial charge in [-0.05, 0) is 36.8 Å². The SMILES string of the molecule is Cc1c(NCc2ccccn2)cccc1C(=O)NCCN1CCNC1=O. The van der Waals surface area contributed by atoms with Gasteiger partial charge in [0.15, 0.2) is 0 Å². The first-order chi connectivity index (χ1) is 12.6. The number of hydrogen-bond acceptors (Lipinski definition) is 4. The van der Waals surface area contributed by atoms with Crippen LogP contribution in [0.2, 0.25) is 0 Å². The first kappa shape index (κ1) is 17.7. The summed E-state index contributed by atoms with van der Waals surface area (Å²) in [6.45, 7) is 4.79. The highest BCUT2D eigenvalue weighted by Crippen LogP contribution is 2.19. The Hall–Kier alpha value is -3.09. The molecule has 1 aliphatic rings. The highest BCUT2D eigenvalue weighted by Gasteiger charge is 2.19. The van der Waals surface area contributed by atoms with E-state index >= 15 is 0 Å². The largest absolute Gasteiger partial charge is 0.379 e. The molecule has 0 bridgehead atoms. The van der Waals surface area contributed by atoms with Crippen LogP contribution in [0, 0.1) is 6.92 Å². The minimum absolute atomic E-state index is 0.0730. The van der Waals surface area contributed by atoms with Crippen LogP contribution in [0.4, 0.5) is 10.5 Å². The third-order valence-electron chi connectivity index (χ3n) is 4.38. The number of nitrogens with zero attached hydrogens (tertiary/aromatic N) is 2. The lowest BCUT2D eigenvalue weighted by Gasteiger charge is -2.16. The molecule has 3 N–H and O–H groups in total. The Bertz CT molecular complexity index is 779. The molecule has 3 rings (SSSR count). The third kappa shape index (κ3) is 4.30. The van der Waals surface area contributed by atoms with Crippen molar-refractivity contribution in [3.63, 3.8) is 0 Å². The number of rotatable bonds is 7. The van der Waals surface area contributed by atoms with E-state index in [0.29, 0.717) is 38.3 Å². The van der Waals surface area contributed by atoms with Gasteiger partial charge in [-0.3, -0.25) is 9.78 Å². The van der Waals surface area contributed by atoms with E-state index in [1.807, 2.05) is 37.3 Å². The molecule has 7 heteroatoms. The summed E-state index contributed by atoms with van der Waals surface area (Å²) in [6.07, 6.45) is 1.76. The summed E-state index contributed by atoms with van der Waals surface area (Å²) >= 11 is 0. The molecule has 0 unspecified atom stereocenters. The lowest BCUT2D eigenvalue weighted by Crippen LogP contribution is -2.37. The fourth-order valence-corrected chi connectivity index (χ4v) is 2.89. The molecule has 1 fully saturated rings. The van der Waals surface area contributed by atoms with Crippen LogP contribution >= 0.6 is 0 Å². The second-order valence-corrected chi connectivity index (χ2v) is 6.13. The molecule has 26 heavy (non-hydrogen) atoms. The molecule has 1 aliphatic heterocycles. The summed E-state index contributed by atoms with van der Waals surface area (Å²) < 4.78 is 0. The molecule has 136 valence electrons. The van der Waals surface area contributed by atoms with Gasteiger partial charge in [-0.15, -0.1) is 0 Å². The predicted octanol–water partition coefficient (Wildman–Crippen LogP) is 1.76. The molecular formula is C19H23N5O2. The van der Waals surface area contributed by atoms with Crippen molar-refractivity contribution in [1.29, 1.82) is 0 Å². The van der Waals surface area contributed by atoms with E-state index < -0.39 is 0 Å². The standard InChI is InChI=1S/C19H23N5O2/c1-14-16(18(25)21-9-11-24-12-10-22-19(24)26)6-4-7-17(14)23-13-15-5-2-3-8-20-15/h2-8,23H,9-13H2,1H3,(H,21,25)(H,22,26). The van der Waals surface area contributed by atoms with Crippen molar-refractivity contribution in [1.82, 2.24) is 20.5 Å². The van der Waals surface area contributed by atoms with Gasteiger partial charge in [-0.25, -0.2) is 4.79 Å². The fraction of sp³-hybridized carbons (Fsp3) is 0.316. The molecule has 0 spiro atoms. The van der Waals surface area contributed by atoms with E-state index in [9.17, 15) is 9.59 Å². The van der Waals surface area contributed by atoms with Gasteiger partial charge in [0, 0.05) is 43.6 Å². The maximum absolute atomic E-state index is 12.5. The van der Waals surface area contributed by atoms with Gasteiger partial charge in [0.2, 0.25) is 0 Å². The van der Waals surface area contributed by atoms with E-state index in [-0.39, 0.29) is 11.9 Å². The third-order valence-corrected chi connectivity index (χ3v) is 4.38. The second kappa shape index (κ2) is 8.33. The molecule has 3 amide bonds. The van der Waals surface area contributed by atoms with Crippen molar-refractivity contribution in [2.24, 2.45) is 0 Å². The molecule has 1 aromatic carbocycles. The molecule has 0 radical (unpaired) electrons. The highest BCUT2D eigenvalue weighted by atomic mass is 16.2. The van der Waals surface area contributed by atoms with Crippen LogP contribution in [0.5, 0.6) is 0 Å². The number of carbonyl (C=O) groups excluding carboxylic acids is 2. The number of benzene rings is 1. The van der Waals surface area contributed by atoms with Gasteiger partial charge < -0.3 is 20.9 Å². The average Bonchev–Trinajstić information content (AvgIpc) is 3.06. The maximum Gasteiger partial charge on any atom is 0.317 e. The van der Waals surface area contributed by atoms with Gasteiger partial charge in [0.05, 0.1) is 12.2 Å². The van der Waals surface area contributed by atoms with Crippen LogP contribution in [0.15, 0.2) is 42.6 Å². The minimum atomic E-state index is -0.136. The second-order valence-electron chi connectivity index (χ2n) is 6.13. The van der Waals surface area contributed by atoms with Crippen LogP contribution < -0.4 is 16.0 Å². The Morgan fingerprint density at radius 3 is 2.88 bits per heavy atom. The summed E-state index contributed by atoms with van der Waals surface area (Å²) in [5.74, 6) is -0.136. The zero-order chi connectivity index (χ0) is 18.4. The van der Waals surface area contributed by atoms with Crippen LogP contribution in [0.3, 0.4) is 0 Å². The predicted molar refractivity (Wildman–Crippen MR) is 100 cm³/mol. The fourth-order valence-electron chi connectivity index (χ4n) is 2.89. The molecule has 7 nitrogen and oxygen atoms in total. The van der Waals surface area contributed by atoms with E-state index in [4.69, 9.17) is 0 Å². The number of aromatic nitrogens is 1. The van der Waals surface area contributed by atoms with Crippen LogP contribution in [0.25, 0.3) is 0 Å². The Morgan fingerprint density at radius 2 is 2.15 bits per heavy atom. The van der Waals surface area contributed by atoms with E-state index in [1.54, 1.807) is 17.2 Å². The quantitative estimate of drug-likeness (QED) is 0.708. The van der Waals surface area contributed by atoms with E-state index in [2.05, 4.69) is 20.9 Å². The molecule has 0 aliphatic carbocycles. The Balaban J connectivity index is 1.57. The molecule has 2 heterocycles. The lowest BCUT2D eigenvalue weighted by atomic mass is 10.1.